The van der Waals surface area contributed by atoms with E-state index in [9.17, 15) is 4.79 Å². The number of benzene rings is 1. The summed E-state index contributed by atoms with van der Waals surface area (Å²) in [7, 11) is 0. The van der Waals surface area contributed by atoms with E-state index < -0.39 is 0 Å². The van der Waals surface area contributed by atoms with Crippen molar-refractivity contribution < 1.29 is 4.79 Å². The monoisotopic (exact) mass is 310 g/mol. The zero-order chi connectivity index (χ0) is 16.1. The first kappa shape index (κ1) is 15.0. The van der Waals surface area contributed by atoms with Gasteiger partial charge in [0.15, 0.2) is 0 Å². The van der Waals surface area contributed by atoms with Crippen LogP contribution in [0.15, 0.2) is 55.4 Å². The zero-order valence-corrected chi connectivity index (χ0v) is 12.8. The molecule has 0 saturated carbocycles. The SMILES string of the molecule is CC[C@@H](C(=O)NCc1ccccc1-n1cncn1)n1cccn1. The van der Waals surface area contributed by atoms with E-state index in [-0.39, 0.29) is 11.9 Å². The van der Waals surface area contributed by atoms with Gasteiger partial charge < -0.3 is 5.32 Å². The molecule has 0 fully saturated rings. The van der Waals surface area contributed by atoms with Crippen LogP contribution in [0, 0.1) is 0 Å². The third-order valence-electron chi connectivity index (χ3n) is 3.64. The number of hydrogen-bond donors (Lipinski definition) is 1. The minimum absolute atomic E-state index is 0.0513. The van der Waals surface area contributed by atoms with Gasteiger partial charge in [-0.2, -0.15) is 10.2 Å². The minimum atomic E-state index is -0.302. The lowest BCUT2D eigenvalue weighted by molar-refractivity contribution is -0.124. The summed E-state index contributed by atoms with van der Waals surface area (Å²) in [5.74, 6) is -0.0513. The number of carbonyl (C=O) groups excluding carboxylic acids is 1. The van der Waals surface area contributed by atoms with Crippen LogP contribution in [0.2, 0.25) is 0 Å². The van der Waals surface area contributed by atoms with Crippen LogP contribution >= 0.6 is 0 Å². The first-order valence-electron chi connectivity index (χ1n) is 7.49. The summed E-state index contributed by atoms with van der Waals surface area (Å²) in [5.41, 5.74) is 1.87. The highest BCUT2D eigenvalue weighted by Gasteiger charge is 2.18. The predicted molar refractivity (Wildman–Crippen MR) is 84.8 cm³/mol. The molecule has 1 amide bonds. The van der Waals surface area contributed by atoms with Crippen molar-refractivity contribution in [1.29, 1.82) is 0 Å². The number of nitrogens with zero attached hydrogens (tertiary/aromatic N) is 5. The molecule has 0 unspecified atom stereocenters. The lowest BCUT2D eigenvalue weighted by atomic mass is 10.1. The number of amides is 1. The molecule has 3 aromatic rings. The summed E-state index contributed by atoms with van der Waals surface area (Å²) in [6.45, 7) is 2.39. The van der Waals surface area contributed by atoms with Gasteiger partial charge >= 0.3 is 0 Å². The lowest BCUT2D eigenvalue weighted by Gasteiger charge is -2.16. The lowest BCUT2D eigenvalue weighted by Crippen LogP contribution is -2.32. The number of hydrogen-bond acceptors (Lipinski definition) is 4. The maximum atomic E-state index is 12.4. The molecule has 7 heteroatoms. The Balaban J connectivity index is 1.72. The maximum Gasteiger partial charge on any atom is 0.245 e. The van der Waals surface area contributed by atoms with Gasteiger partial charge in [0.2, 0.25) is 5.91 Å². The Morgan fingerprint density at radius 3 is 2.83 bits per heavy atom. The van der Waals surface area contributed by atoms with Crippen LogP contribution in [-0.2, 0) is 11.3 Å². The Morgan fingerprint density at radius 2 is 2.13 bits per heavy atom. The summed E-state index contributed by atoms with van der Waals surface area (Å²) in [5, 5.41) is 11.3. The van der Waals surface area contributed by atoms with Crippen molar-refractivity contribution >= 4 is 5.91 Å². The van der Waals surface area contributed by atoms with Crippen molar-refractivity contribution in [3.63, 3.8) is 0 Å². The molecule has 2 heterocycles. The number of nitrogens with one attached hydrogen (secondary N) is 1. The first-order chi connectivity index (χ1) is 11.3. The molecule has 2 aromatic heterocycles. The minimum Gasteiger partial charge on any atom is -0.350 e. The van der Waals surface area contributed by atoms with E-state index in [1.165, 1.54) is 6.33 Å². The van der Waals surface area contributed by atoms with Crippen molar-refractivity contribution in [1.82, 2.24) is 29.9 Å². The summed E-state index contributed by atoms with van der Waals surface area (Å²) < 4.78 is 3.37. The van der Waals surface area contributed by atoms with Crippen LogP contribution in [-0.4, -0.2) is 30.5 Å². The van der Waals surface area contributed by atoms with Gasteiger partial charge in [-0.3, -0.25) is 9.48 Å². The molecule has 0 saturated heterocycles. The smallest absolute Gasteiger partial charge is 0.245 e. The molecule has 1 atom stereocenters. The van der Waals surface area contributed by atoms with Gasteiger partial charge in [-0.1, -0.05) is 25.1 Å². The van der Waals surface area contributed by atoms with E-state index in [1.807, 2.05) is 37.3 Å². The number of carbonyl (C=O) groups is 1. The normalized spacial score (nSPS) is 12.0. The van der Waals surface area contributed by atoms with E-state index in [1.54, 1.807) is 28.1 Å². The fourth-order valence-electron chi connectivity index (χ4n) is 2.47. The highest BCUT2D eigenvalue weighted by atomic mass is 16.2. The molecule has 0 spiro atoms. The van der Waals surface area contributed by atoms with Gasteiger partial charge in [0.1, 0.15) is 18.7 Å². The summed E-state index contributed by atoms with van der Waals surface area (Å²) in [6.07, 6.45) is 7.28. The molecule has 1 aromatic carbocycles. The molecule has 3 rings (SSSR count). The first-order valence-corrected chi connectivity index (χ1v) is 7.49. The van der Waals surface area contributed by atoms with E-state index in [0.29, 0.717) is 13.0 Å². The third kappa shape index (κ3) is 3.28. The highest BCUT2D eigenvalue weighted by molar-refractivity contribution is 5.80. The van der Waals surface area contributed by atoms with E-state index in [4.69, 9.17) is 0 Å². The Labute approximate surface area is 134 Å². The molecule has 7 nitrogen and oxygen atoms in total. The van der Waals surface area contributed by atoms with Gasteiger partial charge in [0.25, 0.3) is 0 Å². The Hall–Kier alpha value is -2.96. The van der Waals surface area contributed by atoms with Gasteiger partial charge in [0.05, 0.1) is 5.69 Å². The van der Waals surface area contributed by atoms with Crippen LogP contribution in [0.4, 0.5) is 0 Å². The van der Waals surface area contributed by atoms with Crippen molar-refractivity contribution in [3.8, 4) is 5.69 Å². The number of rotatable bonds is 6. The summed E-state index contributed by atoms with van der Waals surface area (Å²) in [4.78, 5) is 16.4. The maximum absolute atomic E-state index is 12.4. The van der Waals surface area contributed by atoms with Crippen LogP contribution in [0.3, 0.4) is 0 Å². The summed E-state index contributed by atoms with van der Waals surface area (Å²) in [6, 6.07) is 9.29. The van der Waals surface area contributed by atoms with Gasteiger partial charge in [-0.05, 0) is 24.1 Å². The zero-order valence-electron chi connectivity index (χ0n) is 12.8. The molecule has 0 aliphatic heterocycles. The Bertz CT molecular complexity index is 751. The molecular weight excluding hydrogens is 292 g/mol. The van der Waals surface area contributed by atoms with Crippen molar-refractivity contribution in [2.24, 2.45) is 0 Å². The van der Waals surface area contributed by atoms with Crippen molar-refractivity contribution in [3.05, 3.63) is 60.9 Å². The van der Waals surface area contributed by atoms with Crippen molar-refractivity contribution in [2.75, 3.05) is 0 Å². The third-order valence-corrected chi connectivity index (χ3v) is 3.64. The van der Waals surface area contributed by atoms with Crippen LogP contribution in [0.5, 0.6) is 0 Å². The molecule has 23 heavy (non-hydrogen) atoms. The van der Waals surface area contributed by atoms with Crippen LogP contribution in [0.25, 0.3) is 5.69 Å². The van der Waals surface area contributed by atoms with E-state index >= 15 is 0 Å². The van der Waals surface area contributed by atoms with E-state index in [0.717, 1.165) is 11.3 Å². The largest absolute Gasteiger partial charge is 0.350 e. The average molecular weight is 310 g/mol. The quantitative estimate of drug-likeness (QED) is 0.752. The summed E-state index contributed by atoms with van der Waals surface area (Å²) >= 11 is 0. The second kappa shape index (κ2) is 6.87. The van der Waals surface area contributed by atoms with Crippen LogP contribution in [0.1, 0.15) is 24.9 Å². The van der Waals surface area contributed by atoms with Crippen LogP contribution < -0.4 is 5.32 Å². The standard InChI is InChI=1S/C16H18N6O/c1-2-14(21-9-5-8-19-21)16(23)18-10-13-6-3-4-7-15(13)22-12-17-11-20-22/h3-9,11-12,14H,2,10H2,1H3,(H,18,23)/t14-/m0/s1. The molecule has 0 radical (unpaired) electrons. The Morgan fingerprint density at radius 1 is 1.26 bits per heavy atom. The number of aromatic nitrogens is 5. The van der Waals surface area contributed by atoms with Gasteiger partial charge in [-0.25, -0.2) is 9.67 Å². The van der Waals surface area contributed by atoms with E-state index in [2.05, 4.69) is 20.5 Å². The molecule has 1 N–H and O–H groups in total. The fourth-order valence-corrected chi connectivity index (χ4v) is 2.47. The Kier molecular flexibility index (Phi) is 4.46. The molecule has 0 aliphatic rings. The topological polar surface area (TPSA) is 77.6 Å². The molecular formula is C16H18N6O. The van der Waals surface area contributed by atoms with Gasteiger partial charge in [-0.15, -0.1) is 0 Å². The predicted octanol–water partition coefficient (Wildman–Crippen LogP) is 1.73. The molecule has 0 aliphatic carbocycles. The highest BCUT2D eigenvalue weighted by Crippen LogP contribution is 2.14. The fraction of sp³-hybridized carbons (Fsp3) is 0.250. The second-order valence-corrected chi connectivity index (χ2v) is 5.10. The number of para-hydroxylation sites is 1. The van der Waals surface area contributed by atoms with Gasteiger partial charge in [0, 0.05) is 18.9 Å². The molecule has 118 valence electrons. The van der Waals surface area contributed by atoms with Crippen molar-refractivity contribution in [2.45, 2.75) is 25.9 Å². The average Bonchev–Trinajstić information content (AvgIpc) is 3.27. The second-order valence-electron chi connectivity index (χ2n) is 5.10. The molecule has 0 bridgehead atoms.